The van der Waals surface area contributed by atoms with Crippen LogP contribution in [-0.2, 0) is 6.54 Å². The summed E-state index contributed by atoms with van der Waals surface area (Å²) in [5.41, 5.74) is 9.55. The highest BCUT2D eigenvalue weighted by atomic mass is 127. The fourth-order valence-electron chi connectivity index (χ4n) is 3.60. The Kier molecular flexibility index (Phi) is 9.71. The molecule has 0 unspecified atom stereocenters. The molecule has 0 saturated carbocycles. The maximum absolute atomic E-state index is 6.11. The molecule has 164 valence electrons. The standard InChI is InChI=1S/C23H32N4O2.HI/c1-17-4-6-19(7-5-17)16-27-12-10-18(11-13-27)15-25-23(24)26-21-14-20(28-2)8-9-22(21)29-3;/h4-9,14,18H,10-13,15-16H2,1-3H3,(H3,24,25,26);1H. The Morgan fingerprint density at radius 3 is 2.43 bits per heavy atom. The summed E-state index contributed by atoms with van der Waals surface area (Å²) in [7, 11) is 3.26. The van der Waals surface area contributed by atoms with E-state index in [0.717, 1.165) is 50.5 Å². The Morgan fingerprint density at radius 2 is 1.80 bits per heavy atom. The number of ether oxygens (including phenoxy) is 2. The number of methoxy groups -OCH3 is 2. The zero-order valence-corrected chi connectivity index (χ0v) is 20.4. The third kappa shape index (κ3) is 7.05. The molecule has 6 nitrogen and oxygen atoms in total. The van der Waals surface area contributed by atoms with Crippen LogP contribution >= 0.6 is 24.0 Å². The molecular formula is C23H33IN4O2. The lowest BCUT2D eigenvalue weighted by atomic mass is 9.96. The molecule has 0 aliphatic carbocycles. The average Bonchev–Trinajstić information content (AvgIpc) is 2.75. The molecule has 1 heterocycles. The first-order valence-electron chi connectivity index (χ1n) is 10.1. The monoisotopic (exact) mass is 524 g/mol. The van der Waals surface area contributed by atoms with Gasteiger partial charge in [-0.05, 0) is 56.5 Å². The van der Waals surface area contributed by atoms with Gasteiger partial charge in [0.15, 0.2) is 5.96 Å². The Hall–Kier alpha value is -2.00. The van der Waals surface area contributed by atoms with E-state index in [2.05, 4.69) is 46.4 Å². The van der Waals surface area contributed by atoms with Gasteiger partial charge in [0.2, 0.25) is 0 Å². The molecule has 0 atom stereocenters. The minimum absolute atomic E-state index is 0. The van der Waals surface area contributed by atoms with Crippen LogP contribution in [0.2, 0.25) is 0 Å². The fourth-order valence-corrected chi connectivity index (χ4v) is 3.60. The van der Waals surface area contributed by atoms with Crippen molar-refractivity contribution in [2.24, 2.45) is 16.6 Å². The van der Waals surface area contributed by atoms with E-state index in [1.165, 1.54) is 11.1 Å². The highest BCUT2D eigenvalue weighted by Crippen LogP contribution is 2.28. The van der Waals surface area contributed by atoms with E-state index in [9.17, 15) is 0 Å². The Morgan fingerprint density at radius 1 is 1.10 bits per heavy atom. The van der Waals surface area contributed by atoms with Gasteiger partial charge in [-0.3, -0.25) is 9.89 Å². The summed E-state index contributed by atoms with van der Waals surface area (Å²) in [4.78, 5) is 7.08. The number of nitrogens with two attached hydrogens (primary N) is 1. The molecule has 0 aromatic heterocycles. The van der Waals surface area contributed by atoms with Crippen LogP contribution in [-0.4, -0.2) is 44.7 Å². The summed E-state index contributed by atoms with van der Waals surface area (Å²) < 4.78 is 10.6. The van der Waals surface area contributed by atoms with Crippen molar-refractivity contribution in [2.75, 3.05) is 39.2 Å². The van der Waals surface area contributed by atoms with Crippen molar-refractivity contribution in [3.05, 3.63) is 53.6 Å². The Labute approximate surface area is 196 Å². The van der Waals surface area contributed by atoms with Crippen LogP contribution in [0.1, 0.15) is 24.0 Å². The molecule has 0 bridgehead atoms. The second kappa shape index (κ2) is 12.0. The highest BCUT2D eigenvalue weighted by Gasteiger charge is 2.19. The molecule has 1 aliphatic heterocycles. The quantitative estimate of drug-likeness (QED) is 0.322. The summed E-state index contributed by atoms with van der Waals surface area (Å²) in [5, 5.41) is 3.13. The first kappa shape index (κ1) is 24.3. The summed E-state index contributed by atoms with van der Waals surface area (Å²) >= 11 is 0. The number of hydrogen-bond acceptors (Lipinski definition) is 4. The minimum Gasteiger partial charge on any atom is -0.497 e. The normalized spacial score (nSPS) is 15.4. The molecule has 3 N–H and O–H groups in total. The summed E-state index contributed by atoms with van der Waals surface area (Å²) in [6.45, 7) is 6.09. The van der Waals surface area contributed by atoms with Gasteiger partial charge in [-0.15, -0.1) is 24.0 Å². The smallest absolute Gasteiger partial charge is 0.193 e. The second-order valence-electron chi connectivity index (χ2n) is 7.62. The summed E-state index contributed by atoms with van der Waals surface area (Å²) in [6, 6.07) is 14.4. The number of guanidine groups is 1. The SMILES string of the molecule is COc1ccc(OC)c(NC(N)=NCC2CCN(Cc3ccc(C)cc3)CC2)c1.I. The zero-order valence-electron chi connectivity index (χ0n) is 18.1. The molecule has 0 radical (unpaired) electrons. The maximum atomic E-state index is 6.11. The molecular weight excluding hydrogens is 491 g/mol. The number of benzene rings is 2. The Balaban J connectivity index is 0.00000320. The van der Waals surface area contributed by atoms with E-state index in [1.807, 2.05) is 18.2 Å². The van der Waals surface area contributed by atoms with Crippen LogP contribution in [0.25, 0.3) is 0 Å². The van der Waals surface area contributed by atoms with E-state index in [4.69, 9.17) is 15.2 Å². The number of nitrogens with zero attached hydrogens (tertiary/aromatic N) is 2. The van der Waals surface area contributed by atoms with Crippen LogP contribution in [0.3, 0.4) is 0 Å². The second-order valence-corrected chi connectivity index (χ2v) is 7.62. The number of aliphatic imine (C=N–C) groups is 1. The number of hydrogen-bond donors (Lipinski definition) is 2. The van der Waals surface area contributed by atoms with Gasteiger partial charge < -0.3 is 20.5 Å². The predicted octanol–water partition coefficient (Wildman–Crippen LogP) is 4.27. The number of likely N-dealkylation sites (tertiary alicyclic amines) is 1. The van der Waals surface area contributed by atoms with Crippen molar-refractivity contribution in [2.45, 2.75) is 26.3 Å². The third-order valence-corrected chi connectivity index (χ3v) is 5.42. The van der Waals surface area contributed by atoms with Gasteiger partial charge in [0, 0.05) is 19.2 Å². The molecule has 30 heavy (non-hydrogen) atoms. The van der Waals surface area contributed by atoms with Crippen LogP contribution in [0.5, 0.6) is 11.5 Å². The van der Waals surface area contributed by atoms with Crippen molar-refractivity contribution >= 4 is 35.6 Å². The number of rotatable bonds is 7. The van der Waals surface area contributed by atoms with Gasteiger partial charge in [-0.25, -0.2) is 0 Å². The molecule has 0 amide bonds. The minimum atomic E-state index is 0. The van der Waals surface area contributed by atoms with Crippen LogP contribution in [0, 0.1) is 12.8 Å². The van der Waals surface area contributed by atoms with Gasteiger partial charge in [0.05, 0.1) is 19.9 Å². The molecule has 1 saturated heterocycles. The first-order chi connectivity index (χ1) is 14.1. The number of aryl methyl sites for hydroxylation is 1. The average molecular weight is 524 g/mol. The van der Waals surface area contributed by atoms with Crippen molar-refractivity contribution in [1.82, 2.24) is 4.90 Å². The molecule has 0 spiro atoms. The van der Waals surface area contributed by atoms with Crippen molar-refractivity contribution in [3.8, 4) is 11.5 Å². The Bertz CT molecular complexity index is 818. The zero-order chi connectivity index (χ0) is 20.6. The molecule has 7 heteroatoms. The van der Waals surface area contributed by atoms with Gasteiger partial charge >= 0.3 is 0 Å². The molecule has 1 fully saturated rings. The molecule has 2 aromatic carbocycles. The lowest BCUT2D eigenvalue weighted by Crippen LogP contribution is -2.34. The summed E-state index contributed by atoms with van der Waals surface area (Å²) in [6.07, 6.45) is 2.29. The number of halogens is 1. The first-order valence-corrected chi connectivity index (χ1v) is 10.1. The van der Waals surface area contributed by atoms with Crippen LogP contribution < -0.4 is 20.5 Å². The van der Waals surface area contributed by atoms with Gasteiger partial charge in [-0.1, -0.05) is 29.8 Å². The predicted molar refractivity (Wildman–Crippen MR) is 134 cm³/mol. The topological polar surface area (TPSA) is 72.1 Å². The number of anilines is 1. The fraction of sp³-hybridized carbons (Fsp3) is 0.435. The van der Waals surface area contributed by atoms with E-state index in [1.54, 1.807) is 14.2 Å². The molecule has 2 aromatic rings. The third-order valence-electron chi connectivity index (χ3n) is 5.42. The largest absolute Gasteiger partial charge is 0.497 e. The molecule has 1 aliphatic rings. The number of piperidine rings is 1. The van der Waals surface area contributed by atoms with Crippen molar-refractivity contribution in [1.29, 1.82) is 0 Å². The van der Waals surface area contributed by atoms with Crippen LogP contribution in [0.4, 0.5) is 5.69 Å². The van der Waals surface area contributed by atoms with Crippen LogP contribution in [0.15, 0.2) is 47.5 Å². The lowest BCUT2D eigenvalue weighted by Gasteiger charge is -2.31. The van der Waals surface area contributed by atoms with E-state index >= 15 is 0 Å². The highest BCUT2D eigenvalue weighted by molar-refractivity contribution is 14.0. The van der Waals surface area contributed by atoms with Gasteiger partial charge in [0.25, 0.3) is 0 Å². The van der Waals surface area contributed by atoms with E-state index in [-0.39, 0.29) is 24.0 Å². The maximum Gasteiger partial charge on any atom is 0.193 e. The van der Waals surface area contributed by atoms with Crippen molar-refractivity contribution < 1.29 is 9.47 Å². The number of nitrogens with one attached hydrogen (secondary N) is 1. The molecule has 3 rings (SSSR count). The lowest BCUT2D eigenvalue weighted by molar-refractivity contribution is 0.180. The summed E-state index contributed by atoms with van der Waals surface area (Å²) in [5.74, 6) is 2.41. The van der Waals surface area contributed by atoms with Gasteiger partial charge in [-0.2, -0.15) is 0 Å². The van der Waals surface area contributed by atoms with E-state index in [0.29, 0.717) is 17.6 Å². The van der Waals surface area contributed by atoms with Gasteiger partial charge in [0.1, 0.15) is 11.5 Å². The van der Waals surface area contributed by atoms with E-state index < -0.39 is 0 Å². The van der Waals surface area contributed by atoms with Crippen molar-refractivity contribution in [3.63, 3.8) is 0 Å².